The molecule has 0 aliphatic rings. The summed E-state index contributed by atoms with van der Waals surface area (Å²) in [5, 5.41) is 13.0. The fourth-order valence-electron chi connectivity index (χ4n) is 1.39. The number of halogens is 1. The Morgan fingerprint density at radius 2 is 1.74 bits per heavy atom. The Hall–Kier alpha value is -1.89. The molecule has 2 aromatic carbocycles. The number of carbonyl (C=O) groups excluding carboxylic acids is 1. The summed E-state index contributed by atoms with van der Waals surface area (Å²) in [7, 11) is 0. The van der Waals surface area contributed by atoms with Crippen molar-refractivity contribution in [3.8, 4) is 5.75 Å². The third-order valence-corrected chi connectivity index (χ3v) is 3.10. The minimum Gasteiger partial charge on any atom is -0.508 e. The van der Waals surface area contributed by atoms with Crippen molar-refractivity contribution in [1.29, 1.82) is 0 Å². The lowest BCUT2D eigenvalue weighted by Crippen LogP contribution is -2.17. The molecule has 0 saturated carbocycles. The molecule has 0 unspecified atom stereocenters. The van der Waals surface area contributed by atoms with Crippen molar-refractivity contribution >= 4 is 34.7 Å². The maximum atomic E-state index is 11.7. The first-order chi connectivity index (χ1) is 9.15. The van der Waals surface area contributed by atoms with Gasteiger partial charge < -0.3 is 5.11 Å². The monoisotopic (exact) mass is 366 g/mol. The lowest BCUT2D eigenvalue weighted by molar-refractivity contribution is 0.0955. The predicted octanol–water partition coefficient (Wildman–Crippen LogP) is 2.76. The number of phenolic OH excluding ortho intramolecular Hbond substituents is 1. The number of carbonyl (C=O) groups is 1. The normalized spacial score (nSPS) is 10.6. The Morgan fingerprint density at radius 1 is 1.11 bits per heavy atom. The summed E-state index contributed by atoms with van der Waals surface area (Å²) in [5.41, 5.74) is 3.80. The number of rotatable bonds is 3. The summed E-state index contributed by atoms with van der Waals surface area (Å²) >= 11 is 2.18. The van der Waals surface area contributed by atoms with Gasteiger partial charge in [0.2, 0.25) is 0 Å². The van der Waals surface area contributed by atoms with E-state index in [9.17, 15) is 4.79 Å². The molecule has 0 bridgehead atoms. The van der Waals surface area contributed by atoms with Crippen molar-refractivity contribution < 1.29 is 9.90 Å². The van der Waals surface area contributed by atoms with Crippen LogP contribution in [0.3, 0.4) is 0 Å². The van der Waals surface area contributed by atoms with E-state index in [1.54, 1.807) is 36.4 Å². The molecule has 0 fully saturated rings. The minimum absolute atomic E-state index is 0.195. The standard InChI is InChI=1S/C14H11IN2O2/c15-12-5-3-11(4-6-12)14(19)17-16-9-10-1-7-13(18)8-2-10/h1-9,18H,(H,17,19)/b16-9-. The second-order valence-electron chi connectivity index (χ2n) is 3.80. The Labute approximate surface area is 124 Å². The topological polar surface area (TPSA) is 61.7 Å². The van der Waals surface area contributed by atoms with Gasteiger partial charge in [0.05, 0.1) is 6.21 Å². The van der Waals surface area contributed by atoms with Crippen LogP contribution in [0, 0.1) is 3.57 Å². The first-order valence-corrected chi connectivity index (χ1v) is 6.61. The highest BCUT2D eigenvalue weighted by Crippen LogP contribution is 2.08. The molecule has 0 spiro atoms. The zero-order chi connectivity index (χ0) is 13.7. The molecule has 96 valence electrons. The summed E-state index contributed by atoms with van der Waals surface area (Å²) in [6.45, 7) is 0. The SMILES string of the molecule is O=C(N/N=C\c1ccc(O)cc1)c1ccc(I)cc1. The number of benzene rings is 2. The predicted molar refractivity (Wildman–Crippen MR) is 82.3 cm³/mol. The van der Waals surface area contributed by atoms with Gasteiger partial charge in [-0.15, -0.1) is 0 Å². The zero-order valence-electron chi connectivity index (χ0n) is 9.88. The molecular weight excluding hydrogens is 355 g/mol. The highest BCUT2D eigenvalue weighted by molar-refractivity contribution is 14.1. The van der Waals surface area contributed by atoms with Crippen LogP contribution in [0.1, 0.15) is 15.9 Å². The Balaban J connectivity index is 1.96. The smallest absolute Gasteiger partial charge is 0.271 e. The van der Waals surface area contributed by atoms with Gasteiger partial charge in [0, 0.05) is 9.13 Å². The molecule has 1 amide bonds. The van der Waals surface area contributed by atoms with E-state index in [0.717, 1.165) is 9.13 Å². The molecular formula is C14H11IN2O2. The van der Waals surface area contributed by atoms with E-state index in [0.29, 0.717) is 5.56 Å². The largest absolute Gasteiger partial charge is 0.508 e. The first-order valence-electron chi connectivity index (χ1n) is 5.53. The Morgan fingerprint density at radius 3 is 2.37 bits per heavy atom. The van der Waals surface area contributed by atoms with E-state index in [1.165, 1.54) is 6.21 Å². The molecule has 0 aliphatic heterocycles. The van der Waals surface area contributed by atoms with E-state index >= 15 is 0 Å². The molecule has 0 atom stereocenters. The fourth-order valence-corrected chi connectivity index (χ4v) is 1.75. The van der Waals surface area contributed by atoms with Crippen LogP contribution in [-0.4, -0.2) is 17.2 Å². The van der Waals surface area contributed by atoms with E-state index in [1.807, 2.05) is 12.1 Å². The Kier molecular flexibility index (Phi) is 4.51. The van der Waals surface area contributed by atoms with Gasteiger partial charge in [0.25, 0.3) is 5.91 Å². The van der Waals surface area contributed by atoms with E-state index in [4.69, 9.17) is 5.11 Å². The van der Waals surface area contributed by atoms with Gasteiger partial charge in [-0.25, -0.2) is 5.43 Å². The number of amides is 1. The van der Waals surface area contributed by atoms with Crippen LogP contribution in [0.4, 0.5) is 0 Å². The highest BCUT2D eigenvalue weighted by Gasteiger charge is 2.02. The minimum atomic E-state index is -0.258. The van der Waals surface area contributed by atoms with Gasteiger partial charge in [-0.3, -0.25) is 4.79 Å². The van der Waals surface area contributed by atoms with Crippen LogP contribution in [-0.2, 0) is 0 Å². The molecule has 2 rings (SSSR count). The van der Waals surface area contributed by atoms with Crippen molar-refractivity contribution in [2.45, 2.75) is 0 Å². The van der Waals surface area contributed by atoms with Crippen molar-refractivity contribution in [1.82, 2.24) is 5.43 Å². The summed E-state index contributed by atoms with van der Waals surface area (Å²) in [5.74, 6) is -0.0634. The van der Waals surface area contributed by atoms with Gasteiger partial charge in [0.1, 0.15) is 5.75 Å². The third-order valence-electron chi connectivity index (χ3n) is 2.38. The van der Waals surface area contributed by atoms with Crippen molar-refractivity contribution in [2.75, 3.05) is 0 Å². The van der Waals surface area contributed by atoms with Crippen LogP contribution in [0.15, 0.2) is 53.6 Å². The van der Waals surface area contributed by atoms with Crippen LogP contribution in [0.5, 0.6) is 5.75 Å². The number of hydrogen-bond acceptors (Lipinski definition) is 3. The molecule has 0 radical (unpaired) electrons. The van der Waals surface area contributed by atoms with Crippen molar-refractivity contribution in [3.63, 3.8) is 0 Å². The van der Waals surface area contributed by atoms with Crippen molar-refractivity contribution in [3.05, 3.63) is 63.2 Å². The van der Waals surface area contributed by atoms with Crippen molar-refractivity contribution in [2.24, 2.45) is 5.10 Å². The van der Waals surface area contributed by atoms with Crippen LogP contribution >= 0.6 is 22.6 Å². The van der Waals surface area contributed by atoms with E-state index < -0.39 is 0 Å². The summed E-state index contributed by atoms with van der Waals surface area (Å²) in [4.78, 5) is 11.7. The third kappa shape index (κ3) is 4.06. The Bertz CT molecular complexity index is 592. The average molecular weight is 366 g/mol. The molecule has 4 nitrogen and oxygen atoms in total. The molecule has 0 aromatic heterocycles. The number of hydrazone groups is 1. The molecule has 2 aromatic rings. The number of nitrogens with one attached hydrogen (secondary N) is 1. The number of hydrogen-bond donors (Lipinski definition) is 2. The lowest BCUT2D eigenvalue weighted by Gasteiger charge is -1.99. The summed E-state index contributed by atoms with van der Waals surface area (Å²) in [6, 6.07) is 13.7. The van der Waals surface area contributed by atoms with E-state index in [-0.39, 0.29) is 11.7 Å². The van der Waals surface area contributed by atoms with Gasteiger partial charge in [0.15, 0.2) is 0 Å². The molecule has 2 N–H and O–H groups in total. The molecule has 5 heteroatoms. The quantitative estimate of drug-likeness (QED) is 0.499. The zero-order valence-corrected chi connectivity index (χ0v) is 12.0. The van der Waals surface area contributed by atoms with Crippen LogP contribution in [0.25, 0.3) is 0 Å². The highest BCUT2D eigenvalue weighted by atomic mass is 127. The average Bonchev–Trinajstić information content (AvgIpc) is 2.41. The first kappa shape index (κ1) is 13.5. The summed E-state index contributed by atoms with van der Waals surface area (Å²) < 4.78 is 1.07. The van der Waals surface area contributed by atoms with Crippen LogP contribution < -0.4 is 5.43 Å². The second-order valence-corrected chi connectivity index (χ2v) is 5.04. The molecule has 0 aliphatic carbocycles. The summed E-state index contributed by atoms with van der Waals surface area (Å²) in [6.07, 6.45) is 1.52. The van der Waals surface area contributed by atoms with Gasteiger partial charge in [-0.2, -0.15) is 5.10 Å². The molecule has 0 saturated heterocycles. The number of phenols is 1. The van der Waals surface area contributed by atoms with Crippen LogP contribution in [0.2, 0.25) is 0 Å². The number of aromatic hydroxyl groups is 1. The van der Waals surface area contributed by atoms with Gasteiger partial charge in [-0.05, 0) is 76.7 Å². The maximum Gasteiger partial charge on any atom is 0.271 e. The fraction of sp³-hybridized carbons (Fsp3) is 0. The number of nitrogens with zero attached hydrogens (tertiary/aromatic N) is 1. The molecule has 19 heavy (non-hydrogen) atoms. The van der Waals surface area contributed by atoms with E-state index in [2.05, 4.69) is 33.1 Å². The second kappa shape index (κ2) is 6.33. The maximum absolute atomic E-state index is 11.7. The van der Waals surface area contributed by atoms with Gasteiger partial charge >= 0.3 is 0 Å². The molecule has 0 heterocycles. The van der Waals surface area contributed by atoms with Gasteiger partial charge in [-0.1, -0.05) is 0 Å². The lowest BCUT2D eigenvalue weighted by atomic mass is 10.2.